The Morgan fingerprint density at radius 3 is 2.59 bits per heavy atom. The summed E-state index contributed by atoms with van der Waals surface area (Å²) in [4.78, 5) is 13.5. The summed E-state index contributed by atoms with van der Waals surface area (Å²) in [6, 6.07) is 12.6. The molecule has 0 amide bonds. The lowest BCUT2D eigenvalue weighted by atomic mass is 9.70. The molecule has 0 spiro atoms. The fourth-order valence-electron chi connectivity index (χ4n) is 4.89. The first-order chi connectivity index (χ1) is 16.3. The SMILES string of the molecule is C=CC(O)C1CCC1CN(C)CC(COc1ccc(C(=O)O)cc1)c1ccc(Cl)cc1CCC. The zero-order valence-corrected chi connectivity index (χ0v) is 20.9. The van der Waals surface area contributed by atoms with E-state index in [1.807, 2.05) is 6.07 Å². The highest BCUT2D eigenvalue weighted by atomic mass is 35.5. The minimum atomic E-state index is -0.952. The van der Waals surface area contributed by atoms with Crippen LogP contribution in [0.2, 0.25) is 5.02 Å². The van der Waals surface area contributed by atoms with Gasteiger partial charge in [0.1, 0.15) is 5.75 Å². The Balaban J connectivity index is 1.75. The van der Waals surface area contributed by atoms with Crippen molar-refractivity contribution in [2.24, 2.45) is 11.8 Å². The Morgan fingerprint density at radius 2 is 2.00 bits per heavy atom. The smallest absolute Gasteiger partial charge is 0.335 e. The standard InChI is InChI=1S/C28H36ClNO4/c1-4-6-20-15-23(29)10-14-25(20)22(18-34-24-11-7-19(8-12-24)28(32)33)17-30(3)16-21-9-13-26(21)27(31)5-2/h5,7-8,10-12,14-15,21-22,26-27,31H,2,4,6,9,13,16-18H2,1,3H3,(H,32,33). The Bertz CT molecular complexity index is 961. The zero-order valence-electron chi connectivity index (χ0n) is 20.1. The Labute approximate surface area is 208 Å². The van der Waals surface area contributed by atoms with Crippen molar-refractivity contribution in [2.45, 2.75) is 44.6 Å². The van der Waals surface area contributed by atoms with E-state index in [1.54, 1.807) is 30.3 Å². The van der Waals surface area contributed by atoms with Crippen molar-refractivity contribution in [2.75, 3.05) is 26.7 Å². The monoisotopic (exact) mass is 485 g/mol. The van der Waals surface area contributed by atoms with Crippen LogP contribution in [-0.4, -0.2) is 53.9 Å². The number of ether oxygens (including phenoxy) is 1. The second-order valence-electron chi connectivity index (χ2n) is 9.38. The van der Waals surface area contributed by atoms with Crippen LogP contribution in [0.5, 0.6) is 5.75 Å². The van der Waals surface area contributed by atoms with Crippen molar-refractivity contribution in [3.63, 3.8) is 0 Å². The van der Waals surface area contributed by atoms with Crippen LogP contribution in [0.1, 0.15) is 53.6 Å². The Hall–Kier alpha value is -2.34. The van der Waals surface area contributed by atoms with Gasteiger partial charge in [0, 0.05) is 24.0 Å². The molecule has 3 rings (SSSR count). The molecule has 34 heavy (non-hydrogen) atoms. The lowest BCUT2D eigenvalue weighted by Crippen LogP contribution is -2.42. The van der Waals surface area contributed by atoms with Gasteiger partial charge in [0.2, 0.25) is 0 Å². The van der Waals surface area contributed by atoms with E-state index < -0.39 is 12.1 Å². The van der Waals surface area contributed by atoms with Gasteiger partial charge in [-0.1, -0.05) is 37.1 Å². The second kappa shape index (κ2) is 12.4. The molecule has 1 fully saturated rings. The van der Waals surface area contributed by atoms with Crippen LogP contribution in [0.4, 0.5) is 0 Å². The van der Waals surface area contributed by atoms with Crippen LogP contribution in [0.25, 0.3) is 0 Å². The highest BCUT2D eigenvalue weighted by Gasteiger charge is 2.35. The van der Waals surface area contributed by atoms with Crippen molar-refractivity contribution in [1.82, 2.24) is 4.90 Å². The molecule has 6 heteroatoms. The number of rotatable bonds is 13. The molecule has 2 aromatic carbocycles. The van der Waals surface area contributed by atoms with E-state index in [9.17, 15) is 9.90 Å². The lowest BCUT2D eigenvalue weighted by molar-refractivity contribution is 0.0249. The summed E-state index contributed by atoms with van der Waals surface area (Å²) < 4.78 is 6.14. The predicted octanol–water partition coefficient (Wildman–Crippen LogP) is 5.66. The van der Waals surface area contributed by atoms with Gasteiger partial charge in [-0.25, -0.2) is 4.79 Å². The molecule has 0 aromatic heterocycles. The minimum Gasteiger partial charge on any atom is -0.493 e. The average molecular weight is 486 g/mol. The molecule has 0 saturated heterocycles. The third kappa shape index (κ3) is 6.84. The first-order valence-electron chi connectivity index (χ1n) is 12.1. The van der Waals surface area contributed by atoms with Crippen molar-refractivity contribution in [3.8, 4) is 5.75 Å². The quantitative estimate of drug-likeness (QED) is 0.358. The maximum absolute atomic E-state index is 11.1. The first kappa shape index (κ1) is 26.3. The van der Waals surface area contributed by atoms with Gasteiger partial charge < -0.3 is 19.8 Å². The van der Waals surface area contributed by atoms with Gasteiger partial charge >= 0.3 is 5.97 Å². The number of halogens is 1. The highest BCUT2D eigenvalue weighted by Crippen LogP contribution is 2.38. The zero-order chi connectivity index (χ0) is 24.7. The number of aryl methyl sites for hydroxylation is 1. The number of hydrogen-bond donors (Lipinski definition) is 2. The van der Waals surface area contributed by atoms with Gasteiger partial charge in [-0.2, -0.15) is 0 Å². The van der Waals surface area contributed by atoms with Gasteiger partial charge in [-0.05, 0) is 85.7 Å². The molecule has 1 aliphatic carbocycles. The normalized spacial score (nSPS) is 19.3. The lowest BCUT2D eigenvalue weighted by Gasteiger charge is -2.41. The van der Waals surface area contributed by atoms with Crippen LogP contribution in [0.15, 0.2) is 55.1 Å². The van der Waals surface area contributed by atoms with E-state index in [1.165, 1.54) is 11.1 Å². The summed E-state index contributed by atoms with van der Waals surface area (Å²) in [6.45, 7) is 8.09. The molecule has 0 radical (unpaired) electrons. The number of carbonyl (C=O) groups is 1. The predicted molar refractivity (Wildman–Crippen MR) is 137 cm³/mol. The number of likely N-dealkylation sites (N-methyl/N-ethyl adjacent to an activating group) is 1. The molecule has 184 valence electrons. The number of aromatic carboxylic acids is 1. The molecule has 1 aliphatic rings. The van der Waals surface area contributed by atoms with Gasteiger partial charge in [-0.3, -0.25) is 0 Å². The number of carboxylic acids is 1. The van der Waals surface area contributed by atoms with E-state index in [2.05, 4.69) is 37.6 Å². The largest absolute Gasteiger partial charge is 0.493 e. The van der Waals surface area contributed by atoms with Gasteiger partial charge in [-0.15, -0.1) is 6.58 Å². The number of nitrogens with zero attached hydrogens (tertiary/aromatic N) is 1. The van der Waals surface area contributed by atoms with Crippen molar-refractivity contribution < 1.29 is 19.7 Å². The maximum atomic E-state index is 11.1. The molecule has 5 nitrogen and oxygen atoms in total. The molecule has 1 saturated carbocycles. The maximum Gasteiger partial charge on any atom is 0.335 e. The summed E-state index contributed by atoms with van der Waals surface area (Å²) in [6.07, 6.45) is 5.35. The molecular formula is C28H36ClNO4. The molecule has 2 N–H and O–H groups in total. The minimum absolute atomic E-state index is 0.117. The third-order valence-electron chi connectivity index (χ3n) is 6.85. The molecule has 4 atom stereocenters. The Kier molecular flexibility index (Phi) is 9.57. The summed E-state index contributed by atoms with van der Waals surface area (Å²) >= 11 is 6.31. The molecular weight excluding hydrogens is 450 g/mol. The average Bonchev–Trinajstić information content (AvgIpc) is 2.80. The van der Waals surface area contributed by atoms with Gasteiger partial charge in [0.05, 0.1) is 18.3 Å². The number of benzene rings is 2. The summed E-state index contributed by atoms with van der Waals surface area (Å²) in [5.74, 6) is 0.562. The van der Waals surface area contributed by atoms with E-state index in [-0.39, 0.29) is 17.4 Å². The number of carboxylic acid groups (broad SMARTS) is 1. The fraction of sp³-hybridized carbons (Fsp3) is 0.464. The molecule has 0 bridgehead atoms. The van der Waals surface area contributed by atoms with E-state index in [0.29, 0.717) is 18.3 Å². The van der Waals surface area contributed by atoms with Crippen molar-refractivity contribution >= 4 is 17.6 Å². The van der Waals surface area contributed by atoms with E-state index >= 15 is 0 Å². The van der Waals surface area contributed by atoms with Crippen LogP contribution in [-0.2, 0) is 6.42 Å². The van der Waals surface area contributed by atoms with E-state index in [4.69, 9.17) is 21.4 Å². The van der Waals surface area contributed by atoms with Crippen molar-refractivity contribution in [3.05, 3.63) is 76.8 Å². The fourth-order valence-corrected chi connectivity index (χ4v) is 5.08. The summed E-state index contributed by atoms with van der Waals surface area (Å²) in [5, 5.41) is 20.1. The van der Waals surface area contributed by atoms with Crippen molar-refractivity contribution in [1.29, 1.82) is 0 Å². The van der Waals surface area contributed by atoms with Gasteiger partial charge in [0.15, 0.2) is 0 Å². The van der Waals surface area contributed by atoms with Crippen LogP contribution >= 0.6 is 11.6 Å². The Morgan fingerprint density at radius 1 is 1.26 bits per heavy atom. The molecule has 4 unspecified atom stereocenters. The topological polar surface area (TPSA) is 70.0 Å². The van der Waals surface area contributed by atoms with E-state index in [0.717, 1.165) is 43.8 Å². The number of aliphatic hydroxyl groups excluding tert-OH is 1. The van der Waals surface area contributed by atoms with Crippen LogP contribution < -0.4 is 4.74 Å². The number of aliphatic hydroxyl groups is 1. The first-order valence-corrected chi connectivity index (χ1v) is 12.4. The summed E-state index contributed by atoms with van der Waals surface area (Å²) in [5.41, 5.74) is 2.71. The molecule has 0 heterocycles. The van der Waals surface area contributed by atoms with Crippen LogP contribution in [0.3, 0.4) is 0 Å². The molecule has 0 aliphatic heterocycles. The number of hydrogen-bond acceptors (Lipinski definition) is 4. The van der Waals surface area contributed by atoms with Crippen LogP contribution in [0, 0.1) is 11.8 Å². The third-order valence-corrected chi connectivity index (χ3v) is 7.09. The second-order valence-corrected chi connectivity index (χ2v) is 9.82. The highest BCUT2D eigenvalue weighted by molar-refractivity contribution is 6.30. The summed E-state index contributed by atoms with van der Waals surface area (Å²) in [7, 11) is 2.12. The van der Waals surface area contributed by atoms with Gasteiger partial charge in [0.25, 0.3) is 0 Å². The molecule has 2 aromatic rings.